The highest BCUT2D eigenvalue weighted by Crippen LogP contribution is 2.17. The minimum atomic E-state index is -0.931. The highest BCUT2D eigenvalue weighted by molar-refractivity contribution is 5.83. The molecule has 19 heavy (non-hydrogen) atoms. The van der Waals surface area contributed by atoms with Crippen molar-refractivity contribution in [1.82, 2.24) is 15.2 Å². The summed E-state index contributed by atoms with van der Waals surface area (Å²) in [5, 5.41) is 11.8. The van der Waals surface area contributed by atoms with Gasteiger partial charge in [0, 0.05) is 25.5 Å². The van der Waals surface area contributed by atoms with E-state index in [1.165, 1.54) is 4.90 Å². The SMILES string of the molecule is O=C(O)[C@H]1CCCN1C(=O)NCCc1cccnc1. The molecule has 0 spiro atoms. The van der Waals surface area contributed by atoms with Crippen molar-refractivity contribution in [3.63, 3.8) is 0 Å². The molecule has 0 radical (unpaired) electrons. The second-order valence-electron chi connectivity index (χ2n) is 4.53. The minimum Gasteiger partial charge on any atom is -0.480 e. The first kappa shape index (κ1) is 13.3. The average molecular weight is 263 g/mol. The highest BCUT2D eigenvalue weighted by Gasteiger charge is 2.33. The number of carbonyl (C=O) groups excluding carboxylic acids is 1. The number of rotatable bonds is 4. The molecule has 2 N–H and O–H groups in total. The number of pyridine rings is 1. The Hall–Kier alpha value is -2.11. The number of likely N-dealkylation sites (tertiary alicyclic amines) is 1. The first-order chi connectivity index (χ1) is 9.18. The first-order valence-corrected chi connectivity index (χ1v) is 6.34. The Morgan fingerprint density at radius 1 is 1.53 bits per heavy atom. The first-order valence-electron chi connectivity index (χ1n) is 6.34. The van der Waals surface area contributed by atoms with E-state index in [9.17, 15) is 9.59 Å². The maximum Gasteiger partial charge on any atom is 0.326 e. The predicted octanol–water partition coefficient (Wildman–Crippen LogP) is 0.883. The topological polar surface area (TPSA) is 82.5 Å². The second kappa shape index (κ2) is 6.17. The molecule has 1 saturated heterocycles. The summed E-state index contributed by atoms with van der Waals surface area (Å²) in [5.41, 5.74) is 1.04. The van der Waals surface area contributed by atoms with Gasteiger partial charge in [-0.15, -0.1) is 0 Å². The Balaban J connectivity index is 1.80. The summed E-state index contributed by atoms with van der Waals surface area (Å²) in [6.07, 6.45) is 5.41. The van der Waals surface area contributed by atoms with Gasteiger partial charge in [-0.2, -0.15) is 0 Å². The van der Waals surface area contributed by atoms with E-state index in [1.54, 1.807) is 12.4 Å². The van der Waals surface area contributed by atoms with E-state index in [0.29, 0.717) is 25.9 Å². The summed E-state index contributed by atoms with van der Waals surface area (Å²) in [5.74, 6) is -0.931. The number of urea groups is 1. The third-order valence-corrected chi connectivity index (χ3v) is 3.21. The van der Waals surface area contributed by atoms with Gasteiger partial charge in [0.1, 0.15) is 6.04 Å². The number of aromatic nitrogens is 1. The molecule has 102 valence electrons. The largest absolute Gasteiger partial charge is 0.480 e. The van der Waals surface area contributed by atoms with Gasteiger partial charge in [-0.1, -0.05) is 6.07 Å². The van der Waals surface area contributed by atoms with Crippen LogP contribution in [-0.2, 0) is 11.2 Å². The smallest absolute Gasteiger partial charge is 0.326 e. The fraction of sp³-hybridized carbons (Fsp3) is 0.462. The minimum absolute atomic E-state index is 0.297. The summed E-state index contributed by atoms with van der Waals surface area (Å²) < 4.78 is 0. The Kier molecular flexibility index (Phi) is 4.33. The Morgan fingerprint density at radius 3 is 3.05 bits per heavy atom. The molecule has 0 bridgehead atoms. The number of aliphatic carboxylic acids is 1. The zero-order chi connectivity index (χ0) is 13.7. The van der Waals surface area contributed by atoms with Crippen LogP contribution in [0.25, 0.3) is 0 Å². The van der Waals surface area contributed by atoms with Gasteiger partial charge in [0.05, 0.1) is 0 Å². The molecule has 1 fully saturated rings. The van der Waals surface area contributed by atoms with Crippen LogP contribution in [0.4, 0.5) is 4.79 Å². The fourth-order valence-corrected chi connectivity index (χ4v) is 2.23. The van der Waals surface area contributed by atoms with Crippen molar-refractivity contribution in [2.45, 2.75) is 25.3 Å². The van der Waals surface area contributed by atoms with Crippen molar-refractivity contribution < 1.29 is 14.7 Å². The Morgan fingerprint density at radius 2 is 2.37 bits per heavy atom. The summed E-state index contributed by atoms with van der Waals surface area (Å²) in [6, 6.07) is 2.81. The Labute approximate surface area is 111 Å². The second-order valence-corrected chi connectivity index (χ2v) is 4.53. The standard InChI is InChI=1S/C13H17N3O3/c17-12(18)11-4-2-8-16(11)13(19)15-7-5-10-3-1-6-14-9-10/h1,3,6,9,11H,2,4-5,7-8H2,(H,15,19)(H,17,18)/t11-/m1/s1. The van der Waals surface area contributed by atoms with E-state index >= 15 is 0 Å². The van der Waals surface area contributed by atoms with Gasteiger partial charge in [-0.05, 0) is 30.9 Å². The van der Waals surface area contributed by atoms with Crippen molar-refractivity contribution in [2.75, 3.05) is 13.1 Å². The number of carbonyl (C=O) groups is 2. The molecule has 0 aromatic carbocycles. The normalized spacial score (nSPS) is 18.3. The van der Waals surface area contributed by atoms with Crippen LogP contribution in [0.15, 0.2) is 24.5 Å². The van der Waals surface area contributed by atoms with Crippen LogP contribution in [0.2, 0.25) is 0 Å². The van der Waals surface area contributed by atoms with E-state index in [1.807, 2.05) is 12.1 Å². The van der Waals surface area contributed by atoms with Crippen molar-refractivity contribution >= 4 is 12.0 Å². The molecule has 6 nitrogen and oxygen atoms in total. The molecule has 2 amide bonds. The molecule has 0 saturated carbocycles. The number of nitrogens with one attached hydrogen (secondary N) is 1. The van der Waals surface area contributed by atoms with Crippen molar-refractivity contribution in [3.05, 3.63) is 30.1 Å². The van der Waals surface area contributed by atoms with Crippen LogP contribution in [0.1, 0.15) is 18.4 Å². The number of hydrogen-bond acceptors (Lipinski definition) is 3. The molecule has 0 unspecified atom stereocenters. The highest BCUT2D eigenvalue weighted by atomic mass is 16.4. The molecular formula is C13H17N3O3. The van der Waals surface area contributed by atoms with E-state index in [2.05, 4.69) is 10.3 Å². The molecule has 1 aromatic heterocycles. The predicted molar refractivity (Wildman–Crippen MR) is 68.7 cm³/mol. The van der Waals surface area contributed by atoms with Crippen LogP contribution in [0.3, 0.4) is 0 Å². The van der Waals surface area contributed by atoms with Crippen LogP contribution < -0.4 is 5.32 Å². The number of carboxylic acid groups (broad SMARTS) is 1. The molecule has 6 heteroatoms. The average Bonchev–Trinajstić information content (AvgIpc) is 2.89. The zero-order valence-corrected chi connectivity index (χ0v) is 10.6. The lowest BCUT2D eigenvalue weighted by molar-refractivity contribution is -0.141. The lowest BCUT2D eigenvalue weighted by Crippen LogP contribution is -2.46. The number of amides is 2. The van der Waals surface area contributed by atoms with Crippen molar-refractivity contribution in [2.24, 2.45) is 0 Å². The van der Waals surface area contributed by atoms with Crippen LogP contribution in [0, 0.1) is 0 Å². The number of carboxylic acids is 1. The van der Waals surface area contributed by atoms with Gasteiger partial charge < -0.3 is 15.3 Å². The summed E-state index contributed by atoms with van der Waals surface area (Å²) in [6.45, 7) is 0.989. The fourth-order valence-electron chi connectivity index (χ4n) is 2.23. The van der Waals surface area contributed by atoms with E-state index in [0.717, 1.165) is 12.0 Å². The molecule has 2 heterocycles. The maximum absolute atomic E-state index is 11.9. The third-order valence-electron chi connectivity index (χ3n) is 3.21. The number of nitrogens with zero attached hydrogens (tertiary/aromatic N) is 2. The van der Waals surface area contributed by atoms with Crippen LogP contribution in [0.5, 0.6) is 0 Å². The quantitative estimate of drug-likeness (QED) is 0.845. The summed E-state index contributed by atoms with van der Waals surface area (Å²) in [7, 11) is 0. The lowest BCUT2D eigenvalue weighted by Gasteiger charge is -2.21. The van der Waals surface area contributed by atoms with Gasteiger partial charge in [0.25, 0.3) is 0 Å². The molecule has 2 rings (SSSR count). The molecule has 1 aliphatic heterocycles. The van der Waals surface area contributed by atoms with Gasteiger partial charge in [0.15, 0.2) is 0 Å². The Bertz CT molecular complexity index is 450. The summed E-state index contributed by atoms with van der Waals surface area (Å²) >= 11 is 0. The van der Waals surface area contributed by atoms with E-state index < -0.39 is 12.0 Å². The van der Waals surface area contributed by atoms with Crippen LogP contribution in [-0.4, -0.2) is 46.1 Å². The van der Waals surface area contributed by atoms with Gasteiger partial charge in [-0.3, -0.25) is 4.98 Å². The molecular weight excluding hydrogens is 246 g/mol. The van der Waals surface area contributed by atoms with Crippen molar-refractivity contribution in [3.8, 4) is 0 Å². The van der Waals surface area contributed by atoms with E-state index in [4.69, 9.17) is 5.11 Å². The van der Waals surface area contributed by atoms with Gasteiger partial charge in [-0.25, -0.2) is 9.59 Å². The third kappa shape index (κ3) is 3.43. The van der Waals surface area contributed by atoms with Crippen molar-refractivity contribution in [1.29, 1.82) is 0 Å². The van der Waals surface area contributed by atoms with Gasteiger partial charge in [0.2, 0.25) is 0 Å². The van der Waals surface area contributed by atoms with E-state index in [-0.39, 0.29) is 6.03 Å². The van der Waals surface area contributed by atoms with Crippen LogP contribution >= 0.6 is 0 Å². The molecule has 1 atom stereocenters. The zero-order valence-electron chi connectivity index (χ0n) is 10.6. The lowest BCUT2D eigenvalue weighted by atomic mass is 10.2. The van der Waals surface area contributed by atoms with Gasteiger partial charge >= 0.3 is 12.0 Å². The number of hydrogen-bond donors (Lipinski definition) is 2. The molecule has 1 aliphatic rings. The molecule has 1 aromatic rings. The summed E-state index contributed by atoms with van der Waals surface area (Å²) in [4.78, 5) is 28.3. The monoisotopic (exact) mass is 263 g/mol. The maximum atomic E-state index is 11.9. The molecule has 0 aliphatic carbocycles.